The van der Waals surface area contributed by atoms with Crippen LogP contribution >= 0.6 is 22.6 Å². The SMILES string of the molecule is Nc1ncnc2nn([C@H]3C[C@H](O)[C@@H](CO)O3)c(I)c12. The number of rotatable bonds is 2. The number of aromatic nitrogens is 4. The Kier molecular flexibility index (Phi) is 3.28. The van der Waals surface area contributed by atoms with Crippen LogP contribution in [0.2, 0.25) is 0 Å². The van der Waals surface area contributed by atoms with Gasteiger partial charge in [0, 0.05) is 6.42 Å². The van der Waals surface area contributed by atoms with Crippen LogP contribution in [0.3, 0.4) is 0 Å². The van der Waals surface area contributed by atoms with E-state index in [2.05, 4.69) is 37.7 Å². The molecule has 1 fully saturated rings. The Morgan fingerprint density at radius 1 is 1.53 bits per heavy atom. The molecule has 0 radical (unpaired) electrons. The normalized spacial score (nSPS) is 27.2. The third-order valence-electron chi connectivity index (χ3n) is 3.12. The Bertz CT molecular complexity index is 618. The van der Waals surface area contributed by atoms with Gasteiger partial charge in [0.25, 0.3) is 0 Å². The van der Waals surface area contributed by atoms with Gasteiger partial charge < -0.3 is 20.7 Å². The molecule has 19 heavy (non-hydrogen) atoms. The smallest absolute Gasteiger partial charge is 0.187 e. The van der Waals surface area contributed by atoms with Gasteiger partial charge in [0.05, 0.1) is 18.1 Å². The molecule has 0 aliphatic carbocycles. The topological polar surface area (TPSA) is 119 Å². The minimum atomic E-state index is -0.707. The van der Waals surface area contributed by atoms with E-state index < -0.39 is 18.4 Å². The van der Waals surface area contributed by atoms with Gasteiger partial charge in [-0.3, -0.25) is 0 Å². The second-order valence-electron chi connectivity index (χ2n) is 4.31. The maximum Gasteiger partial charge on any atom is 0.187 e. The van der Waals surface area contributed by atoms with Gasteiger partial charge in [-0.25, -0.2) is 14.6 Å². The summed E-state index contributed by atoms with van der Waals surface area (Å²) in [5.74, 6) is 0.359. The van der Waals surface area contributed by atoms with Crippen molar-refractivity contribution in [1.82, 2.24) is 19.7 Å². The molecule has 3 rings (SSSR count). The van der Waals surface area contributed by atoms with E-state index in [-0.39, 0.29) is 6.61 Å². The molecule has 8 nitrogen and oxygen atoms in total. The molecule has 3 heterocycles. The van der Waals surface area contributed by atoms with Crippen LogP contribution in [0.1, 0.15) is 12.6 Å². The molecule has 0 saturated carbocycles. The van der Waals surface area contributed by atoms with E-state index in [0.29, 0.717) is 23.3 Å². The lowest BCUT2D eigenvalue weighted by Gasteiger charge is -2.13. The molecule has 0 bridgehead atoms. The van der Waals surface area contributed by atoms with Crippen molar-refractivity contribution in [1.29, 1.82) is 0 Å². The molecular weight excluding hydrogens is 365 g/mol. The number of halogens is 1. The van der Waals surface area contributed by atoms with Crippen LogP contribution in [0, 0.1) is 3.70 Å². The fourth-order valence-electron chi connectivity index (χ4n) is 2.14. The average Bonchev–Trinajstić information content (AvgIpc) is 2.91. The van der Waals surface area contributed by atoms with E-state index in [1.807, 2.05) is 0 Å². The molecule has 1 aliphatic heterocycles. The maximum atomic E-state index is 9.76. The van der Waals surface area contributed by atoms with Crippen LogP contribution in [0.4, 0.5) is 5.82 Å². The number of ether oxygens (including phenoxy) is 1. The van der Waals surface area contributed by atoms with Crippen molar-refractivity contribution in [2.24, 2.45) is 0 Å². The van der Waals surface area contributed by atoms with E-state index in [4.69, 9.17) is 15.6 Å². The molecular formula is C10H12IN5O3. The Labute approximate surface area is 121 Å². The monoisotopic (exact) mass is 377 g/mol. The van der Waals surface area contributed by atoms with Gasteiger partial charge >= 0.3 is 0 Å². The minimum Gasteiger partial charge on any atom is -0.394 e. The average molecular weight is 377 g/mol. The summed E-state index contributed by atoms with van der Waals surface area (Å²) < 4.78 is 7.94. The zero-order chi connectivity index (χ0) is 13.6. The van der Waals surface area contributed by atoms with E-state index in [9.17, 15) is 5.11 Å². The molecule has 0 spiro atoms. The molecule has 1 aliphatic rings. The first-order valence-corrected chi connectivity index (χ1v) is 6.78. The van der Waals surface area contributed by atoms with Crippen molar-refractivity contribution in [3.63, 3.8) is 0 Å². The van der Waals surface area contributed by atoms with Crippen LogP contribution < -0.4 is 5.73 Å². The number of hydrogen-bond acceptors (Lipinski definition) is 7. The summed E-state index contributed by atoms with van der Waals surface area (Å²) in [6.07, 6.45) is -0.0140. The van der Waals surface area contributed by atoms with Crippen molar-refractivity contribution in [2.75, 3.05) is 12.3 Å². The summed E-state index contributed by atoms with van der Waals surface area (Å²) in [5.41, 5.74) is 6.30. The predicted molar refractivity (Wildman–Crippen MR) is 74.1 cm³/mol. The lowest BCUT2D eigenvalue weighted by molar-refractivity contribution is -0.0490. The Hall–Kier alpha value is -1.04. The summed E-state index contributed by atoms with van der Waals surface area (Å²) in [4.78, 5) is 7.99. The molecule has 9 heteroatoms. The molecule has 2 aromatic heterocycles. The standard InChI is InChI=1S/C10H12IN5O3/c11-8-7-9(12)13-3-14-10(7)15-16(8)6-1-4(18)5(2-17)19-6/h3-6,17-18H,1-2H2,(H2,12,13,14,15)/t4-,5+,6+/m0/s1. The van der Waals surface area contributed by atoms with E-state index in [0.717, 1.165) is 3.70 Å². The number of nitrogens with two attached hydrogens (primary N) is 1. The maximum absolute atomic E-state index is 9.76. The van der Waals surface area contributed by atoms with Crippen LogP contribution in [-0.4, -0.2) is 48.8 Å². The van der Waals surface area contributed by atoms with Crippen molar-refractivity contribution < 1.29 is 14.9 Å². The highest BCUT2D eigenvalue weighted by atomic mass is 127. The summed E-state index contributed by atoms with van der Waals surface area (Å²) in [5, 5.41) is 23.8. The number of nitrogens with zero attached hydrogens (tertiary/aromatic N) is 4. The fourth-order valence-corrected chi connectivity index (χ4v) is 3.08. The van der Waals surface area contributed by atoms with Gasteiger partial charge in [0.15, 0.2) is 11.9 Å². The minimum absolute atomic E-state index is 0.225. The Balaban J connectivity index is 2.03. The van der Waals surface area contributed by atoms with Crippen molar-refractivity contribution in [2.45, 2.75) is 24.9 Å². The molecule has 0 amide bonds. The van der Waals surface area contributed by atoms with Crippen LogP contribution in [0.15, 0.2) is 6.33 Å². The quantitative estimate of drug-likeness (QED) is 0.613. The Morgan fingerprint density at radius 3 is 2.95 bits per heavy atom. The highest BCUT2D eigenvalue weighted by Gasteiger charge is 2.36. The molecule has 3 atom stereocenters. The molecule has 0 unspecified atom stereocenters. The summed E-state index contributed by atoms with van der Waals surface area (Å²) >= 11 is 2.09. The number of nitrogen functional groups attached to an aromatic ring is 1. The molecule has 102 valence electrons. The third-order valence-corrected chi connectivity index (χ3v) is 4.16. The van der Waals surface area contributed by atoms with Gasteiger partial charge in [0.2, 0.25) is 0 Å². The first-order valence-electron chi connectivity index (χ1n) is 5.70. The predicted octanol–water partition coefficient (Wildman–Crippen LogP) is -0.346. The van der Waals surface area contributed by atoms with Crippen LogP contribution in [-0.2, 0) is 4.74 Å². The fraction of sp³-hybridized carbons (Fsp3) is 0.500. The largest absolute Gasteiger partial charge is 0.394 e. The number of aliphatic hydroxyl groups is 2. The van der Waals surface area contributed by atoms with Crippen LogP contribution in [0.25, 0.3) is 11.0 Å². The molecule has 2 aromatic rings. The number of fused-ring (bicyclic) bond motifs is 1. The van der Waals surface area contributed by atoms with Crippen molar-refractivity contribution in [3.05, 3.63) is 10.0 Å². The Morgan fingerprint density at radius 2 is 2.32 bits per heavy atom. The number of hydrogen-bond donors (Lipinski definition) is 3. The summed E-state index contributed by atoms with van der Waals surface area (Å²) in [6.45, 7) is -0.225. The molecule has 1 saturated heterocycles. The van der Waals surface area contributed by atoms with E-state index >= 15 is 0 Å². The van der Waals surface area contributed by atoms with Crippen molar-refractivity contribution >= 4 is 39.4 Å². The first-order chi connectivity index (χ1) is 9.11. The lowest BCUT2D eigenvalue weighted by atomic mass is 10.2. The van der Waals surface area contributed by atoms with Gasteiger partial charge in [-0.1, -0.05) is 0 Å². The summed E-state index contributed by atoms with van der Waals surface area (Å²) in [7, 11) is 0. The van der Waals surface area contributed by atoms with Gasteiger partial charge in [-0.05, 0) is 22.6 Å². The number of anilines is 1. The van der Waals surface area contributed by atoms with E-state index in [1.165, 1.54) is 6.33 Å². The van der Waals surface area contributed by atoms with Gasteiger partial charge in [-0.2, -0.15) is 0 Å². The highest BCUT2D eigenvalue weighted by molar-refractivity contribution is 14.1. The third kappa shape index (κ3) is 2.06. The highest BCUT2D eigenvalue weighted by Crippen LogP contribution is 2.32. The number of aliphatic hydroxyl groups excluding tert-OH is 2. The zero-order valence-corrected chi connectivity index (χ0v) is 11.9. The lowest BCUT2D eigenvalue weighted by Crippen LogP contribution is -2.24. The second-order valence-corrected chi connectivity index (χ2v) is 5.33. The molecule has 4 N–H and O–H groups in total. The van der Waals surface area contributed by atoms with Gasteiger partial charge in [-0.15, -0.1) is 5.10 Å². The van der Waals surface area contributed by atoms with Crippen LogP contribution in [0.5, 0.6) is 0 Å². The van der Waals surface area contributed by atoms with Gasteiger partial charge in [0.1, 0.15) is 21.9 Å². The van der Waals surface area contributed by atoms with E-state index in [1.54, 1.807) is 4.68 Å². The van der Waals surface area contributed by atoms with Crippen molar-refractivity contribution in [3.8, 4) is 0 Å². The first kappa shape index (κ1) is 13.0. The second kappa shape index (κ2) is 4.81. The zero-order valence-electron chi connectivity index (χ0n) is 9.77. The summed E-state index contributed by atoms with van der Waals surface area (Å²) in [6, 6.07) is 0. The molecule has 0 aromatic carbocycles.